The van der Waals surface area contributed by atoms with Gasteiger partial charge in [-0.3, -0.25) is 9.47 Å². The number of morpholine rings is 1. The number of hydrogen-bond acceptors (Lipinski definition) is 8. The van der Waals surface area contributed by atoms with E-state index in [-0.39, 0.29) is 34.3 Å². The smallest absolute Gasteiger partial charge is 0.491 e. The van der Waals surface area contributed by atoms with Gasteiger partial charge in [0.05, 0.1) is 18.8 Å². The van der Waals surface area contributed by atoms with Crippen LogP contribution in [0.2, 0.25) is 0 Å². The molecule has 37 heavy (non-hydrogen) atoms. The summed E-state index contributed by atoms with van der Waals surface area (Å²) < 4.78 is 50.9. The fraction of sp³-hybridized carbons (Fsp3) is 0.320. The number of aromatic nitrogens is 3. The molecule has 4 rings (SSSR count). The fourth-order valence-electron chi connectivity index (χ4n) is 3.86. The first-order valence-corrected chi connectivity index (χ1v) is 11.7. The number of phenolic OH excluding ortho intramolecular Hbond substituents is 1. The van der Waals surface area contributed by atoms with Crippen molar-refractivity contribution in [1.29, 1.82) is 0 Å². The van der Waals surface area contributed by atoms with Gasteiger partial charge in [0.15, 0.2) is 11.0 Å². The normalized spacial score (nSPS) is 14.2. The molecule has 1 aromatic heterocycles. The molecule has 1 fully saturated rings. The van der Waals surface area contributed by atoms with Gasteiger partial charge in [0, 0.05) is 37.3 Å². The maximum Gasteiger partial charge on any atom is 0.491 e. The molecule has 0 radical (unpaired) electrons. The molecule has 0 saturated carbocycles. The third kappa shape index (κ3) is 6.07. The van der Waals surface area contributed by atoms with E-state index in [9.17, 15) is 23.1 Å². The fourth-order valence-corrected chi connectivity index (χ4v) is 4.12. The third-order valence-electron chi connectivity index (χ3n) is 5.70. The van der Waals surface area contributed by atoms with Crippen LogP contribution in [0.5, 0.6) is 11.5 Å². The molecule has 12 heteroatoms. The van der Waals surface area contributed by atoms with Gasteiger partial charge in [-0.15, -0.1) is 28.7 Å². The van der Waals surface area contributed by atoms with Gasteiger partial charge in [-0.1, -0.05) is 18.1 Å². The molecule has 2 aromatic carbocycles. The molecule has 194 valence electrons. The average Bonchev–Trinajstić information content (AvgIpc) is 3.25. The van der Waals surface area contributed by atoms with Crippen LogP contribution in [-0.2, 0) is 22.5 Å². The second-order valence-electron chi connectivity index (χ2n) is 8.14. The van der Waals surface area contributed by atoms with E-state index in [0.717, 1.165) is 25.2 Å². The lowest BCUT2D eigenvalue weighted by Gasteiger charge is -2.26. The van der Waals surface area contributed by atoms with Gasteiger partial charge >= 0.3 is 12.1 Å². The Morgan fingerprint density at radius 2 is 1.86 bits per heavy atom. The minimum atomic E-state index is -5.25. The summed E-state index contributed by atoms with van der Waals surface area (Å²) >= 11 is 4.37. The van der Waals surface area contributed by atoms with Gasteiger partial charge in [0.2, 0.25) is 0 Å². The molecule has 8 nitrogen and oxygen atoms in total. The Bertz CT molecular complexity index is 1340. The van der Waals surface area contributed by atoms with E-state index in [2.05, 4.69) is 39.6 Å². The first-order chi connectivity index (χ1) is 17.7. The third-order valence-corrected chi connectivity index (χ3v) is 5.98. The maximum atomic E-state index is 13.1. The molecule has 1 aliphatic heterocycles. The summed E-state index contributed by atoms with van der Waals surface area (Å²) in [6.07, 6.45) is -5.41. The van der Waals surface area contributed by atoms with E-state index in [0.29, 0.717) is 18.9 Å². The summed E-state index contributed by atoms with van der Waals surface area (Å²) in [4.78, 5) is 14.1. The first kappa shape index (κ1) is 26.5. The number of rotatable bonds is 6. The summed E-state index contributed by atoms with van der Waals surface area (Å²) in [6.45, 7) is 5.32. The highest BCUT2D eigenvalue weighted by atomic mass is 32.1. The Balaban J connectivity index is 1.75. The lowest BCUT2D eigenvalue weighted by Crippen LogP contribution is -2.35. The number of nitrogens with zero attached hydrogens (tertiary/aromatic N) is 4. The summed E-state index contributed by atoms with van der Waals surface area (Å²) in [7, 11) is 0. The van der Waals surface area contributed by atoms with Gasteiger partial charge < -0.3 is 14.6 Å². The Morgan fingerprint density at radius 3 is 2.51 bits per heavy atom. The van der Waals surface area contributed by atoms with Crippen LogP contribution in [-0.4, -0.2) is 63.2 Å². The standard InChI is InChI=1S/C25H23F3N4O4S/c1-2-3-4-18-20(33)10-9-19(21(18)36-23(34)25(26,27)28)22-29-30-24(37)32(22)17-7-5-16(6-8-17)15-31-11-13-35-14-12-31/h5-10,33H,4,11-15H2,1H3,(H,30,37). The minimum absolute atomic E-state index is 0.00787. The monoisotopic (exact) mass is 532 g/mol. The first-order valence-electron chi connectivity index (χ1n) is 11.3. The van der Waals surface area contributed by atoms with E-state index in [4.69, 9.17) is 9.47 Å². The number of esters is 1. The molecule has 0 amide bonds. The van der Waals surface area contributed by atoms with Crippen LogP contribution in [0.1, 0.15) is 18.1 Å². The van der Waals surface area contributed by atoms with Crippen molar-refractivity contribution in [3.05, 3.63) is 47.5 Å². The largest absolute Gasteiger partial charge is 0.507 e. The number of hydrogen-bond donors (Lipinski definition) is 2. The molecule has 0 spiro atoms. The van der Waals surface area contributed by atoms with Gasteiger partial charge in [-0.05, 0) is 36.8 Å². The van der Waals surface area contributed by atoms with Gasteiger partial charge in [0.1, 0.15) is 11.5 Å². The Morgan fingerprint density at radius 1 is 1.16 bits per heavy atom. The number of carbonyl (C=O) groups excluding carboxylic acids is 1. The second-order valence-corrected chi connectivity index (χ2v) is 8.54. The molecule has 0 atom stereocenters. The highest BCUT2D eigenvalue weighted by Crippen LogP contribution is 2.40. The van der Waals surface area contributed by atoms with Crippen LogP contribution in [0.4, 0.5) is 13.2 Å². The van der Waals surface area contributed by atoms with Crippen molar-refractivity contribution in [3.8, 4) is 40.4 Å². The van der Waals surface area contributed by atoms with E-state index in [1.165, 1.54) is 23.6 Å². The van der Waals surface area contributed by atoms with Gasteiger partial charge in [-0.25, -0.2) is 4.79 Å². The molecule has 3 aromatic rings. The number of aromatic hydroxyl groups is 1. The van der Waals surface area contributed by atoms with E-state index in [1.807, 2.05) is 24.3 Å². The number of ether oxygens (including phenoxy) is 2. The number of phenols is 1. The molecular weight excluding hydrogens is 509 g/mol. The molecule has 1 aliphatic rings. The van der Waals surface area contributed by atoms with Crippen molar-refractivity contribution < 1.29 is 32.5 Å². The van der Waals surface area contributed by atoms with Crippen LogP contribution in [0.3, 0.4) is 0 Å². The van der Waals surface area contributed by atoms with Crippen LogP contribution < -0.4 is 4.74 Å². The number of thiol groups is 1. The van der Waals surface area contributed by atoms with E-state index < -0.39 is 17.9 Å². The zero-order chi connectivity index (χ0) is 26.6. The highest BCUT2D eigenvalue weighted by Gasteiger charge is 2.42. The number of halogens is 3. The van der Waals surface area contributed by atoms with Crippen molar-refractivity contribution >= 4 is 18.6 Å². The highest BCUT2D eigenvalue weighted by molar-refractivity contribution is 7.80. The minimum Gasteiger partial charge on any atom is -0.507 e. The predicted octanol–water partition coefficient (Wildman–Crippen LogP) is 3.79. The number of carbonyl (C=O) groups is 1. The molecular formula is C25H23F3N4O4S. The summed E-state index contributed by atoms with van der Waals surface area (Å²) in [6, 6.07) is 10.0. The quantitative estimate of drug-likeness (QED) is 0.216. The Kier molecular flexibility index (Phi) is 8.06. The van der Waals surface area contributed by atoms with E-state index in [1.54, 1.807) is 0 Å². The summed E-state index contributed by atoms with van der Waals surface area (Å²) in [5, 5.41) is 18.6. The van der Waals surface area contributed by atoms with Crippen molar-refractivity contribution in [2.75, 3.05) is 26.3 Å². The van der Waals surface area contributed by atoms with Crippen molar-refractivity contribution in [3.63, 3.8) is 0 Å². The lowest BCUT2D eigenvalue weighted by molar-refractivity contribution is -0.189. The Hall–Kier alpha value is -3.53. The van der Waals surface area contributed by atoms with Crippen molar-refractivity contribution in [2.24, 2.45) is 0 Å². The second kappa shape index (κ2) is 11.2. The Labute approximate surface area is 216 Å². The van der Waals surface area contributed by atoms with Gasteiger partial charge in [0.25, 0.3) is 0 Å². The number of benzene rings is 2. The summed E-state index contributed by atoms with van der Waals surface area (Å²) in [5.74, 6) is 2.04. The lowest BCUT2D eigenvalue weighted by atomic mass is 10.0. The molecule has 1 saturated heterocycles. The van der Waals surface area contributed by atoms with Crippen molar-refractivity contribution in [1.82, 2.24) is 19.7 Å². The maximum absolute atomic E-state index is 13.1. The zero-order valence-corrected chi connectivity index (χ0v) is 20.6. The van der Waals surface area contributed by atoms with Gasteiger partial charge in [-0.2, -0.15) is 13.2 Å². The predicted molar refractivity (Wildman–Crippen MR) is 131 cm³/mol. The zero-order valence-electron chi connectivity index (χ0n) is 19.7. The SMILES string of the molecule is CC#CCc1c(O)ccc(-c2nnc(S)n2-c2ccc(CN3CCOCC3)cc2)c1OC(=O)C(F)(F)F. The van der Waals surface area contributed by atoms with Crippen LogP contribution in [0.15, 0.2) is 41.6 Å². The van der Waals surface area contributed by atoms with Crippen LogP contribution >= 0.6 is 12.6 Å². The molecule has 2 heterocycles. The average molecular weight is 533 g/mol. The van der Waals surface area contributed by atoms with Crippen LogP contribution in [0.25, 0.3) is 17.1 Å². The molecule has 1 N–H and O–H groups in total. The summed E-state index contributed by atoms with van der Waals surface area (Å²) in [5.41, 5.74) is 1.58. The van der Waals surface area contributed by atoms with Crippen molar-refractivity contribution in [2.45, 2.75) is 31.2 Å². The molecule has 0 unspecified atom stereocenters. The number of alkyl halides is 3. The molecule has 0 aliphatic carbocycles. The van der Waals surface area contributed by atoms with Crippen LogP contribution in [0, 0.1) is 11.8 Å². The topological polar surface area (TPSA) is 89.7 Å². The van der Waals surface area contributed by atoms with E-state index >= 15 is 0 Å². The molecule has 0 bridgehead atoms.